The molecule has 0 saturated carbocycles. The summed E-state index contributed by atoms with van der Waals surface area (Å²) in [7, 11) is 0. The van der Waals surface area contributed by atoms with E-state index >= 15 is 0 Å². The highest BCUT2D eigenvalue weighted by atomic mass is 15.3. The molecule has 0 aliphatic heterocycles. The van der Waals surface area contributed by atoms with Gasteiger partial charge in [0.25, 0.3) is 0 Å². The number of nitrogens with zero attached hydrogens (tertiary/aromatic N) is 4. The van der Waals surface area contributed by atoms with Crippen LogP contribution in [0.15, 0.2) is 48.8 Å². The Hall–Kier alpha value is -2.49. The molecule has 2 aromatic heterocycles. The van der Waals surface area contributed by atoms with Gasteiger partial charge in [0.1, 0.15) is 0 Å². The highest BCUT2D eigenvalue weighted by Crippen LogP contribution is 2.26. The molecule has 3 aromatic rings. The number of benzene rings is 1. The van der Waals surface area contributed by atoms with Crippen molar-refractivity contribution in [2.24, 2.45) is 0 Å². The minimum Gasteiger partial charge on any atom is -0.265 e. The van der Waals surface area contributed by atoms with E-state index in [-0.39, 0.29) is 0 Å². The molecule has 0 saturated heterocycles. The third-order valence-electron chi connectivity index (χ3n) is 3.43. The van der Waals surface area contributed by atoms with Gasteiger partial charge in [0, 0.05) is 16.8 Å². The van der Waals surface area contributed by atoms with Gasteiger partial charge in [-0.3, -0.25) is 4.68 Å². The van der Waals surface area contributed by atoms with E-state index in [2.05, 4.69) is 46.5 Å². The molecule has 0 aliphatic rings. The molecule has 4 heteroatoms. The zero-order chi connectivity index (χ0) is 13.9. The first-order chi connectivity index (χ1) is 9.75. The first kappa shape index (κ1) is 12.5. The summed E-state index contributed by atoms with van der Waals surface area (Å²) in [6.45, 7) is 4.91. The van der Waals surface area contributed by atoms with Gasteiger partial charge in [-0.25, -0.2) is 0 Å². The van der Waals surface area contributed by atoms with Crippen molar-refractivity contribution >= 4 is 0 Å². The van der Waals surface area contributed by atoms with E-state index in [1.54, 1.807) is 12.4 Å². The van der Waals surface area contributed by atoms with Crippen LogP contribution in [-0.2, 0) is 6.54 Å². The second-order valence-electron chi connectivity index (χ2n) is 4.82. The Labute approximate surface area is 118 Å². The van der Waals surface area contributed by atoms with Gasteiger partial charge in [-0.1, -0.05) is 30.3 Å². The van der Waals surface area contributed by atoms with Crippen molar-refractivity contribution in [2.45, 2.75) is 20.4 Å². The van der Waals surface area contributed by atoms with Gasteiger partial charge in [-0.2, -0.15) is 15.3 Å². The minimum absolute atomic E-state index is 0.784. The zero-order valence-corrected chi connectivity index (χ0v) is 11.6. The lowest BCUT2D eigenvalue weighted by atomic mass is 10.1. The van der Waals surface area contributed by atoms with Crippen LogP contribution in [0, 0.1) is 13.8 Å². The topological polar surface area (TPSA) is 43.6 Å². The van der Waals surface area contributed by atoms with Crippen molar-refractivity contribution < 1.29 is 0 Å². The first-order valence-corrected chi connectivity index (χ1v) is 6.60. The molecule has 0 fully saturated rings. The average molecular weight is 264 g/mol. The van der Waals surface area contributed by atoms with Gasteiger partial charge in [0.2, 0.25) is 0 Å². The van der Waals surface area contributed by atoms with Crippen LogP contribution in [0.2, 0.25) is 0 Å². The highest BCUT2D eigenvalue weighted by molar-refractivity contribution is 5.67. The smallest absolute Gasteiger partial charge is 0.0675 e. The molecule has 0 radical (unpaired) electrons. The maximum Gasteiger partial charge on any atom is 0.0675 e. The summed E-state index contributed by atoms with van der Waals surface area (Å²) in [6.07, 6.45) is 3.49. The lowest BCUT2D eigenvalue weighted by molar-refractivity contribution is 0.659. The van der Waals surface area contributed by atoms with Crippen LogP contribution in [-0.4, -0.2) is 20.0 Å². The molecule has 3 rings (SSSR count). The number of hydrogen-bond donors (Lipinski definition) is 0. The Kier molecular flexibility index (Phi) is 3.29. The predicted molar refractivity (Wildman–Crippen MR) is 78.3 cm³/mol. The van der Waals surface area contributed by atoms with Gasteiger partial charge >= 0.3 is 0 Å². The van der Waals surface area contributed by atoms with Crippen molar-refractivity contribution in [1.82, 2.24) is 20.0 Å². The molecule has 20 heavy (non-hydrogen) atoms. The number of rotatable bonds is 3. The van der Waals surface area contributed by atoms with Gasteiger partial charge in [-0.05, 0) is 25.5 Å². The van der Waals surface area contributed by atoms with Crippen molar-refractivity contribution in [3.05, 3.63) is 65.7 Å². The summed E-state index contributed by atoms with van der Waals surface area (Å²) in [5, 5.41) is 12.4. The predicted octanol–water partition coefficient (Wildman–Crippen LogP) is 3.01. The van der Waals surface area contributed by atoms with E-state index < -0.39 is 0 Å². The van der Waals surface area contributed by atoms with E-state index in [1.165, 1.54) is 5.56 Å². The van der Waals surface area contributed by atoms with E-state index in [1.807, 2.05) is 23.7 Å². The summed E-state index contributed by atoms with van der Waals surface area (Å²) in [5.74, 6) is 0. The fourth-order valence-corrected chi connectivity index (χ4v) is 2.46. The first-order valence-electron chi connectivity index (χ1n) is 6.60. The fourth-order valence-electron chi connectivity index (χ4n) is 2.46. The molecule has 0 N–H and O–H groups in total. The van der Waals surface area contributed by atoms with Crippen molar-refractivity contribution in [1.29, 1.82) is 0 Å². The molecular formula is C16H16N4. The van der Waals surface area contributed by atoms with Crippen LogP contribution in [0.25, 0.3) is 11.1 Å². The van der Waals surface area contributed by atoms with E-state index in [0.717, 1.165) is 29.1 Å². The van der Waals surface area contributed by atoms with Crippen LogP contribution in [0.3, 0.4) is 0 Å². The number of hydrogen-bond acceptors (Lipinski definition) is 3. The van der Waals surface area contributed by atoms with E-state index in [4.69, 9.17) is 0 Å². The van der Waals surface area contributed by atoms with E-state index in [9.17, 15) is 0 Å². The maximum atomic E-state index is 4.65. The molecule has 0 amide bonds. The molecule has 0 spiro atoms. The normalized spacial score (nSPS) is 10.7. The second-order valence-corrected chi connectivity index (χ2v) is 4.82. The summed E-state index contributed by atoms with van der Waals surface area (Å²) < 4.78 is 2.04. The Bertz CT molecular complexity index is 702. The average Bonchev–Trinajstić information content (AvgIpc) is 2.75. The lowest BCUT2D eigenvalue weighted by Crippen LogP contribution is -2.03. The quantitative estimate of drug-likeness (QED) is 0.730. The number of aromatic nitrogens is 4. The van der Waals surface area contributed by atoms with Gasteiger partial charge in [0.05, 0.1) is 24.6 Å². The largest absolute Gasteiger partial charge is 0.265 e. The summed E-state index contributed by atoms with van der Waals surface area (Å²) in [6, 6.07) is 12.3. The molecule has 0 unspecified atom stereocenters. The van der Waals surface area contributed by atoms with Crippen LogP contribution in [0.5, 0.6) is 0 Å². The van der Waals surface area contributed by atoms with Crippen molar-refractivity contribution in [2.75, 3.05) is 0 Å². The maximum absolute atomic E-state index is 4.65. The summed E-state index contributed by atoms with van der Waals surface area (Å²) in [5.41, 5.74) is 5.63. The molecule has 0 atom stereocenters. The third kappa shape index (κ3) is 2.32. The minimum atomic E-state index is 0.784. The highest BCUT2D eigenvalue weighted by Gasteiger charge is 2.13. The van der Waals surface area contributed by atoms with Crippen LogP contribution in [0.1, 0.15) is 17.0 Å². The van der Waals surface area contributed by atoms with Crippen molar-refractivity contribution in [3.8, 4) is 11.1 Å². The van der Waals surface area contributed by atoms with Crippen molar-refractivity contribution in [3.63, 3.8) is 0 Å². The van der Waals surface area contributed by atoms with Gasteiger partial charge in [-0.15, -0.1) is 0 Å². The molecule has 0 bridgehead atoms. The molecule has 4 nitrogen and oxygen atoms in total. The molecule has 0 aliphatic carbocycles. The Balaban J connectivity index is 1.99. The van der Waals surface area contributed by atoms with Crippen LogP contribution >= 0.6 is 0 Å². The molecule has 1 aromatic carbocycles. The van der Waals surface area contributed by atoms with Gasteiger partial charge in [0.15, 0.2) is 0 Å². The third-order valence-corrected chi connectivity index (χ3v) is 3.43. The molecule has 2 heterocycles. The molecular weight excluding hydrogens is 248 g/mol. The SMILES string of the molecule is Cc1nn(Cc2ccccc2)c(C)c1-c1ccnnc1. The monoisotopic (exact) mass is 264 g/mol. The second kappa shape index (κ2) is 5.25. The number of aryl methyl sites for hydroxylation is 1. The van der Waals surface area contributed by atoms with Crippen LogP contribution < -0.4 is 0 Å². The Morgan fingerprint density at radius 3 is 2.50 bits per heavy atom. The van der Waals surface area contributed by atoms with E-state index in [0.29, 0.717) is 0 Å². The van der Waals surface area contributed by atoms with Gasteiger partial charge < -0.3 is 0 Å². The summed E-state index contributed by atoms with van der Waals surface area (Å²) in [4.78, 5) is 0. The summed E-state index contributed by atoms with van der Waals surface area (Å²) >= 11 is 0. The fraction of sp³-hybridized carbons (Fsp3) is 0.188. The zero-order valence-electron chi connectivity index (χ0n) is 11.6. The standard InChI is InChI=1S/C16H16N4/c1-12-16(15-8-9-17-18-10-15)13(2)20(19-12)11-14-6-4-3-5-7-14/h3-10H,11H2,1-2H3. The molecule has 100 valence electrons. The Morgan fingerprint density at radius 2 is 1.80 bits per heavy atom. The van der Waals surface area contributed by atoms with Crippen LogP contribution in [0.4, 0.5) is 0 Å². The lowest BCUT2D eigenvalue weighted by Gasteiger charge is -2.05. The Morgan fingerprint density at radius 1 is 1.00 bits per heavy atom.